The van der Waals surface area contributed by atoms with Gasteiger partial charge >= 0.3 is 0 Å². The zero-order valence-electron chi connectivity index (χ0n) is 12.4. The number of rotatable bonds is 7. The lowest BCUT2D eigenvalue weighted by atomic mass is 9.88. The van der Waals surface area contributed by atoms with Crippen LogP contribution in [0.25, 0.3) is 0 Å². The monoisotopic (exact) mass is 271 g/mol. The molecular formula is C14H29N3S. The molecule has 0 saturated carbocycles. The van der Waals surface area contributed by atoms with Gasteiger partial charge in [0.15, 0.2) is 0 Å². The van der Waals surface area contributed by atoms with Crippen LogP contribution >= 0.6 is 12.2 Å². The first-order chi connectivity index (χ1) is 8.33. The molecule has 0 amide bonds. The van der Waals surface area contributed by atoms with Crippen molar-refractivity contribution >= 4 is 17.2 Å². The molecule has 1 aliphatic heterocycles. The molecule has 1 heterocycles. The van der Waals surface area contributed by atoms with Gasteiger partial charge in [0.1, 0.15) is 0 Å². The van der Waals surface area contributed by atoms with Gasteiger partial charge in [0.25, 0.3) is 0 Å². The Labute approximate surface area is 118 Å². The molecule has 1 aliphatic rings. The van der Waals surface area contributed by atoms with Crippen LogP contribution in [-0.4, -0.2) is 54.6 Å². The molecular weight excluding hydrogens is 242 g/mol. The first-order valence-electron chi connectivity index (χ1n) is 7.01. The molecule has 1 rings (SSSR count). The standard InChI is InChI=1S/C14H29N3S/c1-14(2,13(15)18)8-6-9-16(3)11-12-7-5-10-17(12)4/h12H,5-11H2,1-4H3,(H2,15,18). The van der Waals surface area contributed by atoms with Crippen molar-refractivity contribution in [3.63, 3.8) is 0 Å². The van der Waals surface area contributed by atoms with E-state index in [-0.39, 0.29) is 5.41 Å². The molecule has 1 fully saturated rings. The lowest BCUT2D eigenvalue weighted by molar-refractivity contribution is 0.214. The Kier molecular flexibility index (Phi) is 6.02. The van der Waals surface area contributed by atoms with Crippen LogP contribution in [-0.2, 0) is 0 Å². The number of hydrogen-bond donors (Lipinski definition) is 1. The van der Waals surface area contributed by atoms with E-state index in [1.165, 1.54) is 25.9 Å². The summed E-state index contributed by atoms with van der Waals surface area (Å²) < 4.78 is 0. The van der Waals surface area contributed by atoms with Crippen molar-refractivity contribution in [3.8, 4) is 0 Å². The van der Waals surface area contributed by atoms with E-state index in [1.54, 1.807) is 0 Å². The number of likely N-dealkylation sites (N-methyl/N-ethyl adjacent to an activating group) is 2. The molecule has 0 aromatic carbocycles. The molecule has 1 atom stereocenters. The second kappa shape index (κ2) is 6.83. The minimum absolute atomic E-state index is 0.000321. The molecule has 4 heteroatoms. The van der Waals surface area contributed by atoms with E-state index >= 15 is 0 Å². The minimum Gasteiger partial charge on any atom is -0.393 e. The lowest BCUT2D eigenvalue weighted by Crippen LogP contribution is -2.37. The van der Waals surface area contributed by atoms with Gasteiger partial charge in [0, 0.05) is 18.0 Å². The van der Waals surface area contributed by atoms with E-state index < -0.39 is 0 Å². The summed E-state index contributed by atoms with van der Waals surface area (Å²) in [5, 5.41) is 0. The fourth-order valence-corrected chi connectivity index (χ4v) is 2.68. The fraction of sp³-hybridized carbons (Fsp3) is 0.929. The predicted octanol–water partition coefficient (Wildman–Crippen LogP) is 2.10. The SMILES string of the molecule is CN(CCCC(C)(C)C(N)=S)CC1CCCN1C. The third-order valence-corrected chi connectivity index (χ3v) is 4.76. The molecule has 3 nitrogen and oxygen atoms in total. The second-order valence-electron chi connectivity index (χ2n) is 6.39. The van der Waals surface area contributed by atoms with E-state index in [1.807, 2.05) is 0 Å². The molecule has 0 spiro atoms. The molecule has 0 aliphatic carbocycles. The van der Waals surface area contributed by atoms with E-state index in [2.05, 4.69) is 37.7 Å². The van der Waals surface area contributed by atoms with Gasteiger partial charge in [-0.05, 0) is 52.9 Å². The van der Waals surface area contributed by atoms with Crippen LogP contribution in [0.3, 0.4) is 0 Å². The van der Waals surface area contributed by atoms with E-state index in [4.69, 9.17) is 18.0 Å². The van der Waals surface area contributed by atoms with Crippen molar-refractivity contribution in [1.82, 2.24) is 9.80 Å². The van der Waals surface area contributed by atoms with Crippen molar-refractivity contribution in [2.75, 3.05) is 33.7 Å². The molecule has 2 N–H and O–H groups in total. The summed E-state index contributed by atoms with van der Waals surface area (Å²) in [6.45, 7) is 7.85. The maximum atomic E-state index is 5.75. The summed E-state index contributed by atoms with van der Waals surface area (Å²) >= 11 is 5.10. The van der Waals surface area contributed by atoms with Crippen molar-refractivity contribution in [2.45, 2.75) is 45.6 Å². The summed E-state index contributed by atoms with van der Waals surface area (Å²) in [7, 11) is 4.46. The molecule has 106 valence electrons. The van der Waals surface area contributed by atoms with Crippen molar-refractivity contribution in [1.29, 1.82) is 0 Å². The molecule has 0 aromatic heterocycles. The Hall–Kier alpha value is -0.190. The Balaban J connectivity index is 2.21. The van der Waals surface area contributed by atoms with Crippen LogP contribution in [0.4, 0.5) is 0 Å². The average molecular weight is 271 g/mol. The lowest BCUT2D eigenvalue weighted by Gasteiger charge is -2.27. The Bertz CT molecular complexity index is 278. The van der Waals surface area contributed by atoms with Crippen LogP contribution in [0.2, 0.25) is 0 Å². The minimum atomic E-state index is 0.000321. The number of nitrogens with two attached hydrogens (primary N) is 1. The fourth-order valence-electron chi connectivity index (χ4n) is 2.58. The number of nitrogens with zero attached hydrogens (tertiary/aromatic N) is 2. The first kappa shape index (κ1) is 15.9. The molecule has 18 heavy (non-hydrogen) atoms. The highest BCUT2D eigenvalue weighted by atomic mass is 32.1. The highest BCUT2D eigenvalue weighted by Crippen LogP contribution is 2.23. The van der Waals surface area contributed by atoms with Gasteiger partial charge < -0.3 is 15.5 Å². The first-order valence-corrected chi connectivity index (χ1v) is 7.42. The van der Waals surface area contributed by atoms with E-state index in [0.717, 1.165) is 25.4 Å². The van der Waals surface area contributed by atoms with E-state index in [9.17, 15) is 0 Å². The number of hydrogen-bond acceptors (Lipinski definition) is 3. The number of thiocarbonyl (C=S) groups is 1. The van der Waals surface area contributed by atoms with Gasteiger partial charge in [-0.15, -0.1) is 0 Å². The summed E-state index contributed by atoms with van der Waals surface area (Å²) in [5.41, 5.74) is 5.75. The smallest absolute Gasteiger partial charge is 0.0784 e. The Morgan fingerprint density at radius 1 is 1.50 bits per heavy atom. The van der Waals surface area contributed by atoms with Crippen LogP contribution in [0, 0.1) is 5.41 Å². The van der Waals surface area contributed by atoms with Gasteiger partial charge in [-0.1, -0.05) is 26.1 Å². The summed E-state index contributed by atoms with van der Waals surface area (Å²) in [5.74, 6) is 0. The van der Waals surface area contributed by atoms with Gasteiger partial charge in [-0.3, -0.25) is 0 Å². The van der Waals surface area contributed by atoms with Crippen molar-refractivity contribution in [2.24, 2.45) is 11.1 Å². The van der Waals surface area contributed by atoms with Gasteiger partial charge in [-0.25, -0.2) is 0 Å². The predicted molar refractivity (Wildman–Crippen MR) is 82.9 cm³/mol. The Morgan fingerprint density at radius 3 is 2.67 bits per heavy atom. The maximum absolute atomic E-state index is 5.75. The van der Waals surface area contributed by atoms with Crippen LogP contribution in [0.5, 0.6) is 0 Å². The van der Waals surface area contributed by atoms with Crippen LogP contribution in [0.15, 0.2) is 0 Å². The van der Waals surface area contributed by atoms with Gasteiger partial charge in [0.2, 0.25) is 0 Å². The average Bonchev–Trinajstić information content (AvgIpc) is 2.64. The van der Waals surface area contributed by atoms with Crippen LogP contribution in [0.1, 0.15) is 39.5 Å². The summed E-state index contributed by atoms with van der Waals surface area (Å²) in [6.07, 6.45) is 4.94. The zero-order valence-corrected chi connectivity index (χ0v) is 13.2. The zero-order chi connectivity index (χ0) is 13.8. The van der Waals surface area contributed by atoms with Crippen molar-refractivity contribution in [3.05, 3.63) is 0 Å². The highest BCUT2D eigenvalue weighted by molar-refractivity contribution is 7.80. The Morgan fingerprint density at radius 2 is 2.17 bits per heavy atom. The molecule has 0 radical (unpaired) electrons. The molecule has 1 unspecified atom stereocenters. The second-order valence-corrected chi connectivity index (χ2v) is 6.83. The third-order valence-electron chi connectivity index (χ3n) is 4.20. The van der Waals surface area contributed by atoms with Crippen LogP contribution < -0.4 is 5.73 Å². The summed E-state index contributed by atoms with van der Waals surface area (Å²) in [6, 6.07) is 0.749. The van der Waals surface area contributed by atoms with Gasteiger partial charge in [0.05, 0.1) is 4.99 Å². The maximum Gasteiger partial charge on any atom is 0.0784 e. The topological polar surface area (TPSA) is 32.5 Å². The molecule has 0 bridgehead atoms. The normalized spacial score (nSPS) is 21.7. The summed E-state index contributed by atoms with van der Waals surface area (Å²) in [4.78, 5) is 5.57. The largest absolute Gasteiger partial charge is 0.393 e. The number of likely N-dealkylation sites (tertiary alicyclic amines) is 1. The highest BCUT2D eigenvalue weighted by Gasteiger charge is 2.23. The van der Waals surface area contributed by atoms with Crippen molar-refractivity contribution < 1.29 is 0 Å². The molecule has 0 aromatic rings. The third kappa shape index (κ3) is 4.82. The van der Waals surface area contributed by atoms with Gasteiger partial charge in [-0.2, -0.15) is 0 Å². The van der Waals surface area contributed by atoms with E-state index in [0.29, 0.717) is 4.99 Å². The molecule has 1 saturated heterocycles. The quantitative estimate of drug-likeness (QED) is 0.719.